The number of hydrogen-bond donors (Lipinski definition) is 1. The van der Waals surface area contributed by atoms with Gasteiger partial charge in [0.2, 0.25) is 0 Å². The molecule has 0 radical (unpaired) electrons. The molecule has 1 N–H and O–H groups in total. The van der Waals surface area contributed by atoms with Gasteiger partial charge in [-0.05, 0) is 55.3 Å². The van der Waals surface area contributed by atoms with Crippen LogP contribution in [0.15, 0.2) is 59.8 Å². The first-order valence-electron chi connectivity index (χ1n) is 9.40. The van der Waals surface area contributed by atoms with Crippen LogP contribution in [0.25, 0.3) is 0 Å². The molecule has 3 rings (SSSR count). The fraction of sp³-hybridized carbons (Fsp3) is 0.217. The predicted octanol–water partition coefficient (Wildman–Crippen LogP) is 4.27. The lowest BCUT2D eigenvalue weighted by molar-refractivity contribution is -0.120. The minimum absolute atomic E-state index is 0.0677. The van der Waals surface area contributed by atoms with Crippen molar-refractivity contribution in [3.63, 3.8) is 0 Å². The molecule has 7 heteroatoms. The van der Waals surface area contributed by atoms with Crippen molar-refractivity contribution >= 4 is 23.5 Å². The van der Waals surface area contributed by atoms with Gasteiger partial charge in [-0.1, -0.05) is 36.0 Å². The minimum atomic E-state index is -1.01. The van der Waals surface area contributed by atoms with Crippen LogP contribution in [0.1, 0.15) is 32.9 Å². The first-order chi connectivity index (χ1) is 14.4. The van der Waals surface area contributed by atoms with Gasteiger partial charge in [0, 0.05) is 23.6 Å². The summed E-state index contributed by atoms with van der Waals surface area (Å²) in [6, 6.07) is 15.9. The van der Waals surface area contributed by atoms with Crippen LogP contribution >= 0.6 is 11.8 Å². The fourth-order valence-electron chi connectivity index (χ4n) is 2.84. The smallest absolute Gasteiger partial charge is 0.335 e. The average molecular weight is 423 g/mol. The first-order valence-corrected chi connectivity index (χ1v) is 10.4. The molecule has 6 nitrogen and oxygen atoms in total. The summed E-state index contributed by atoms with van der Waals surface area (Å²) in [6.07, 6.45) is 0.131. The zero-order chi connectivity index (χ0) is 21.5. The number of hydrogen-bond acceptors (Lipinski definition) is 6. The van der Waals surface area contributed by atoms with Gasteiger partial charge in [-0.15, -0.1) is 0 Å². The molecular weight excluding hydrogens is 400 g/mol. The van der Waals surface area contributed by atoms with E-state index >= 15 is 0 Å². The second-order valence-electron chi connectivity index (χ2n) is 6.88. The van der Waals surface area contributed by atoms with Crippen LogP contribution in [0.2, 0.25) is 0 Å². The average Bonchev–Trinajstić information content (AvgIpc) is 2.71. The number of Topliss-reactive ketones (excluding diaryl/α,β-unsaturated/α-hetero) is 1. The number of carbonyl (C=O) groups excluding carboxylic acids is 1. The lowest BCUT2D eigenvalue weighted by Gasteiger charge is -2.08. The molecule has 0 unspecified atom stereocenters. The molecule has 2 aromatic carbocycles. The summed E-state index contributed by atoms with van der Waals surface area (Å²) in [5, 5.41) is 9.78. The summed E-state index contributed by atoms with van der Waals surface area (Å²) >= 11 is 1.57. The zero-order valence-electron chi connectivity index (χ0n) is 16.8. The van der Waals surface area contributed by atoms with Crippen molar-refractivity contribution in [3.05, 3.63) is 82.7 Å². The fourth-order valence-corrected chi connectivity index (χ4v) is 3.75. The standard InChI is InChI=1S/C23H22N2O4S/c1-15-10-16(2)25-23(24-15)30-14-17-6-8-21(9-7-17)29-13-20(26)12-18-4-3-5-19(11-18)22(27)28/h3-11H,12-14H2,1-2H3,(H,27,28). The Bertz CT molecular complexity index is 1030. The van der Waals surface area contributed by atoms with Crippen LogP contribution < -0.4 is 4.74 Å². The van der Waals surface area contributed by atoms with Gasteiger partial charge in [-0.25, -0.2) is 14.8 Å². The van der Waals surface area contributed by atoms with Gasteiger partial charge in [0.25, 0.3) is 0 Å². The first kappa shape index (κ1) is 21.5. The molecule has 0 aliphatic heterocycles. The number of thioether (sulfide) groups is 1. The summed E-state index contributed by atoms with van der Waals surface area (Å²) in [5.74, 6) is 0.216. The van der Waals surface area contributed by atoms with E-state index in [0.29, 0.717) is 11.3 Å². The molecule has 154 valence electrons. The van der Waals surface area contributed by atoms with E-state index in [1.165, 1.54) is 12.1 Å². The summed E-state index contributed by atoms with van der Waals surface area (Å²) in [4.78, 5) is 32.0. The maximum atomic E-state index is 12.2. The molecule has 0 saturated carbocycles. The third kappa shape index (κ3) is 6.42. The Labute approximate surface area is 179 Å². The molecule has 1 heterocycles. The summed E-state index contributed by atoms with van der Waals surface area (Å²) in [6.45, 7) is 3.84. The Morgan fingerprint density at radius 1 is 0.967 bits per heavy atom. The highest BCUT2D eigenvalue weighted by Crippen LogP contribution is 2.22. The number of carbonyl (C=O) groups is 2. The highest BCUT2D eigenvalue weighted by molar-refractivity contribution is 7.98. The largest absolute Gasteiger partial charge is 0.486 e. The zero-order valence-corrected chi connectivity index (χ0v) is 17.6. The van der Waals surface area contributed by atoms with Gasteiger partial charge < -0.3 is 9.84 Å². The van der Waals surface area contributed by atoms with Crippen molar-refractivity contribution in [2.24, 2.45) is 0 Å². The molecular formula is C23H22N2O4S. The SMILES string of the molecule is Cc1cc(C)nc(SCc2ccc(OCC(=O)Cc3cccc(C(=O)O)c3)cc2)n1. The summed E-state index contributed by atoms with van der Waals surface area (Å²) in [5.41, 5.74) is 3.83. The van der Waals surface area contributed by atoms with E-state index in [1.54, 1.807) is 23.9 Å². The Morgan fingerprint density at radius 3 is 2.33 bits per heavy atom. The molecule has 0 amide bonds. The highest BCUT2D eigenvalue weighted by Gasteiger charge is 2.09. The molecule has 0 aliphatic rings. The van der Waals surface area contributed by atoms with Gasteiger partial charge in [0.1, 0.15) is 12.4 Å². The third-order valence-corrected chi connectivity index (χ3v) is 5.15. The second kappa shape index (κ2) is 10.0. The maximum absolute atomic E-state index is 12.2. The Kier molecular flexibility index (Phi) is 7.19. The molecule has 0 saturated heterocycles. The summed E-state index contributed by atoms with van der Waals surface area (Å²) in [7, 11) is 0. The van der Waals surface area contributed by atoms with Crippen LogP contribution in [0, 0.1) is 13.8 Å². The quantitative estimate of drug-likeness (QED) is 0.407. The minimum Gasteiger partial charge on any atom is -0.486 e. The van der Waals surface area contributed by atoms with Gasteiger partial charge in [-0.3, -0.25) is 4.79 Å². The maximum Gasteiger partial charge on any atom is 0.335 e. The van der Waals surface area contributed by atoms with Gasteiger partial charge in [-0.2, -0.15) is 0 Å². The number of ketones is 1. The predicted molar refractivity (Wildman–Crippen MR) is 115 cm³/mol. The number of aromatic nitrogens is 2. The van der Waals surface area contributed by atoms with E-state index in [0.717, 1.165) is 27.9 Å². The van der Waals surface area contributed by atoms with Crippen LogP contribution in [-0.2, 0) is 17.0 Å². The molecule has 0 aliphatic carbocycles. The Hall–Kier alpha value is -3.19. The lowest BCUT2D eigenvalue weighted by Crippen LogP contribution is -2.14. The van der Waals surface area contributed by atoms with Crippen molar-refractivity contribution in [1.29, 1.82) is 0 Å². The molecule has 0 bridgehead atoms. The molecule has 3 aromatic rings. The van der Waals surface area contributed by atoms with Crippen LogP contribution in [0.3, 0.4) is 0 Å². The number of carboxylic acids is 1. The monoisotopic (exact) mass is 422 g/mol. The lowest BCUT2D eigenvalue weighted by atomic mass is 10.1. The topological polar surface area (TPSA) is 89.4 Å². The van der Waals surface area contributed by atoms with Crippen LogP contribution in [-0.4, -0.2) is 33.4 Å². The van der Waals surface area contributed by atoms with Crippen molar-refractivity contribution in [3.8, 4) is 5.75 Å². The molecule has 0 spiro atoms. The number of carboxylic acid groups (broad SMARTS) is 1. The molecule has 0 atom stereocenters. The third-order valence-electron chi connectivity index (χ3n) is 4.23. The molecule has 30 heavy (non-hydrogen) atoms. The van der Waals surface area contributed by atoms with Gasteiger partial charge in [0.15, 0.2) is 10.9 Å². The number of ether oxygens (including phenoxy) is 1. The molecule has 1 aromatic heterocycles. The number of aryl methyl sites for hydroxylation is 2. The summed E-state index contributed by atoms with van der Waals surface area (Å²) < 4.78 is 5.57. The van der Waals surface area contributed by atoms with Crippen molar-refractivity contribution in [1.82, 2.24) is 9.97 Å². The van der Waals surface area contributed by atoms with Crippen molar-refractivity contribution in [2.45, 2.75) is 31.2 Å². The van der Waals surface area contributed by atoms with E-state index in [-0.39, 0.29) is 24.4 Å². The normalized spacial score (nSPS) is 10.6. The number of aromatic carboxylic acids is 1. The van der Waals surface area contributed by atoms with Crippen LogP contribution in [0.4, 0.5) is 0 Å². The van der Waals surface area contributed by atoms with Crippen molar-refractivity contribution < 1.29 is 19.4 Å². The van der Waals surface area contributed by atoms with E-state index in [2.05, 4.69) is 9.97 Å². The van der Waals surface area contributed by atoms with E-state index in [1.807, 2.05) is 44.2 Å². The van der Waals surface area contributed by atoms with E-state index < -0.39 is 5.97 Å². The van der Waals surface area contributed by atoms with Crippen LogP contribution in [0.5, 0.6) is 5.75 Å². The number of nitrogens with zero attached hydrogens (tertiary/aromatic N) is 2. The molecule has 0 fully saturated rings. The Balaban J connectivity index is 1.48. The Morgan fingerprint density at radius 2 is 1.67 bits per heavy atom. The van der Waals surface area contributed by atoms with Gasteiger partial charge >= 0.3 is 5.97 Å². The van der Waals surface area contributed by atoms with E-state index in [4.69, 9.17) is 9.84 Å². The van der Waals surface area contributed by atoms with Crippen molar-refractivity contribution in [2.75, 3.05) is 6.61 Å². The highest BCUT2D eigenvalue weighted by atomic mass is 32.2. The van der Waals surface area contributed by atoms with E-state index in [9.17, 15) is 9.59 Å². The number of benzene rings is 2. The second-order valence-corrected chi connectivity index (χ2v) is 7.82. The number of rotatable bonds is 9. The van der Waals surface area contributed by atoms with Gasteiger partial charge in [0.05, 0.1) is 5.56 Å².